The number of aliphatic hydroxyl groups is 7. The minimum atomic E-state index is -1.84. The Balaban J connectivity index is 1.26. The summed E-state index contributed by atoms with van der Waals surface area (Å²) in [5.41, 5.74) is -0.00722. The number of phenols is 1. The van der Waals surface area contributed by atoms with Crippen LogP contribution in [0.15, 0.2) is 72.8 Å². The van der Waals surface area contributed by atoms with Crippen molar-refractivity contribution in [1.82, 2.24) is 0 Å². The lowest BCUT2D eigenvalue weighted by atomic mass is 9.99. The molecule has 5 rings (SSSR count). The van der Waals surface area contributed by atoms with Crippen molar-refractivity contribution in [2.24, 2.45) is 0 Å². The van der Waals surface area contributed by atoms with Gasteiger partial charge in [0.2, 0.25) is 12.6 Å². The SMILES string of the molecule is O=C(OCC1OC(Oc2cccc(O)c2C(=O)OCc2ccccc2OC2OC(CO)C(O)C(O)C2O)C(O)C(O)C1O)c1ccccc1. The van der Waals surface area contributed by atoms with Crippen molar-refractivity contribution < 1.29 is 78.9 Å². The molecule has 2 heterocycles. The molecular weight excluding hydrogens is 652 g/mol. The van der Waals surface area contributed by atoms with E-state index in [-0.39, 0.29) is 22.6 Å². The molecule has 49 heavy (non-hydrogen) atoms. The number of aromatic hydroxyl groups is 1. The highest BCUT2D eigenvalue weighted by atomic mass is 16.7. The van der Waals surface area contributed by atoms with Gasteiger partial charge in [0.05, 0.1) is 12.2 Å². The first-order valence-corrected chi connectivity index (χ1v) is 15.1. The fraction of sp³-hybridized carbons (Fsp3) is 0.394. The average molecular weight is 689 g/mol. The number of ether oxygens (including phenoxy) is 6. The van der Waals surface area contributed by atoms with E-state index in [0.29, 0.717) is 0 Å². The van der Waals surface area contributed by atoms with Gasteiger partial charge in [-0.05, 0) is 30.3 Å². The van der Waals surface area contributed by atoms with Crippen molar-refractivity contribution in [3.8, 4) is 17.2 Å². The zero-order valence-corrected chi connectivity index (χ0v) is 25.7. The van der Waals surface area contributed by atoms with Crippen LogP contribution in [0, 0.1) is 0 Å². The number of esters is 2. The number of aliphatic hydroxyl groups excluding tert-OH is 7. The molecule has 0 aliphatic carbocycles. The van der Waals surface area contributed by atoms with Crippen LogP contribution in [0.3, 0.4) is 0 Å². The number of hydrogen-bond acceptors (Lipinski definition) is 16. The highest BCUT2D eigenvalue weighted by Crippen LogP contribution is 2.33. The Morgan fingerprint density at radius 1 is 0.612 bits per heavy atom. The zero-order valence-electron chi connectivity index (χ0n) is 25.7. The van der Waals surface area contributed by atoms with Gasteiger partial charge < -0.3 is 69.3 Å². The van der Waals surface area contributed by atoms with Crippen LogP contribution >= 0.6 is 0 Å². The molecule has 2 aliphatic heterocycles. The lowest BCUT2D eigenvalue weighted by molar-refractivity contribution is -0.277. The first-order chi connectivity index (χ1) is 23.5. The Labute approximate surface area is 278 Å². The third-order valence-corrected chi connectivity index (χ3v) is 7.93. The second-order valence-corrected chi connectivity index (χ2v) is 11.2. The van der Waals surface area contributed by atoms with Crippen LogP contribution in [0.25, 0.3) is 0 Å². The van der Waals surface area contributed by atoms with Crippen molar-refractivity contribution in [3.05, 3.63) is 89.5 Å². The predicted molar refractivity (Wildman–Crippen MR) is 162 cm³/mol. The fourth-order valence-corrected chi connectivity index (χ4v) is 5.16. The van der Waals surface area contributed by atoms with Gasteiger partial charge in [0.1, 0.15) is 84.9 Å². The van der Waals surface area contributed by atoms with Gasteiger partial charge in [-0.2, -0.15) is 0 Å². The lowest BCUT2D eigenvalue weighted by Gasteiger charge is -2.40. The summed E-state index contributed by atoms with van der Waals surface area (Å²) < 4.78 is 33.0. The second kappa shape index (κ2) is 15.9. The molecule has 8 N–H and O–H groups in total. The minimum Gasteiger partial charge on any atom is -0.507 e. The van der Waals surface area contributed by atoms with E-state index < -0.39 is 104 Å². The summed E-state index contributed by atoms with van der Waals surface area (Å²) in [6.07, 6.45) is -16.1. The molecule has 3 aromatic carbocycles. The van der Waals surface area contributed by atoms with Crippen molar-refractivity contribution in [3.63, 3.8) is 0 Å². The largest absolute Gasteiger partial charge is 0.507 e. The van der Waals surface area contributed by atoms with Gasteiger partial charge in [0.25, 0.3) is 0 Å². The van der Waals surface area contributed by atoms with E-state index in [0.717, 1.165) is 0 Å². The Morgan fingerprint density at radius 3 is 1.86 bits per heavy atom. The molecule has 10 atom stereocenters. The number of hydrogen-bond donors (Lipinski definition) is 8. The summed E-state index contributed by atoms with van der Waals surface area (Å²) in [6, 6.07) is 17.9. The van der Waals surface area contributed by atoms with Crippen molar-refractivity contribution in [2.45, 2.75) is 68.0 Å². The minimum absolute atomic E-state index is 0.0543. The maximum atomic E-state index is 13.3. The summed E-state index contributed by atoms with van der Waals surface area (Å²) in [5.74, 6) is -2.68. The van der Waals surface area contributed by atoms with Gasteiger partial charge in [-0.25, -0.2) is 9.59 Å². The molecule has 0 aromatic heterocycles. The highest BCUT2D eigenvalue weighted by molar-refractivity contribution is 5.95. The van der Waals surface area contributed by atoms with Crippen LogP contribution < -0.4 is 9.47 Å². The predicted octanol–water partition coefficient (Wildman–Crippen LogP) is -1.03. The Morgan fingerprint density at radius 2 is 1.18 bits per heavy atom. The Kier molecular flexibility index (Phi) is 11.7. The summed E-state index contributed by atoms with van der Waals surface area (Å²) in [5, 5.41) is 82.1. The van der Waals surface area contributed by atoms with Gasteiger partial charge in [-0.15, -0.1) is 0 Å². The van der Waals surface area contributed by atoms with Gasteiger partial charge in [0, 0.05) is 5.56 Å². The summed E-state index contributed by atoms with van der Waals surface area (Å²) in [6.45, 7) is -1.65. The van der Waals surface area contributed by atoms with Crippen LogP contribution in [-0.4, -0.2) is 127 Å². The average Bonchev–Trinajstić information content (AvgIpc) is 3.11. The summed E-state index contributed by atoms with van der Waals surface area (Å²) >= 11 is 0. The highest BCUT2D eigenvalue weighted by Gasteiger charge is 2.47. The van der Waals surface area contributed by atoms with E-state index in [4.69, 9.17) is 28.4 Å². The smallest absolute Gasteiger partial charge is 0.346 e. The van der Waals surface area contributed by atoms with Crippen molar-refractivity contribution >= 4 is 11.9 Å². The number of carbonyl (C=O) groups is 2. The van der Waals surface area contributed by atoms with E-state index in [1.807, 2.05) is 0 Å². The summed E-state index contributed by atoms with van der Waals surface area (Å²) in [4.78, 5) is 25.7. The Hall–Kier alpha value is -4.36. The monoisotopic (exact) mass is 688 g/mol. The van der Waals surface area contributed by atoms with Crippen molar-refractivity contribution in [2.75, 3.05) is 13.2 Å². The van der Waals surface area contributed by atoms with Crippen LogP contribution in [0.1, 0.15) is 26.3 Å². The Bertz CT molecular complexity index is 1570. The molecular formula is C33H36O16. The maximum absolute atomic E-state index is 13.3. The van der Waals surface area contributed by atoms with Crippen LogP contribution in [0.5, 0.6) is 17.2 Å². The molecule has 16 nitrogen and oxygen atoms in total. The molecule has 2 saturated heterocycles. The topological polar surface area (TPSA) is 251 Å². The molecule has 0 spiro atoms. The standard InChI is InChI=1S/C33H36O16/c34-13-21-24(36)26(38)28(40)32(48-21)46-19-11-5-4-9-17(19)14-44-31(43)23-18(35)10-6-12-20(23)47-33-29(41)27(39)25(37)22(49-33)15-45-30(42)16-7-2-1-3-8-16/h1-12,21-22,24-29,32-41H,13-15H2. The first-order valence-electron chi connectivity index (χ1n) is 15.1. The molecule has 0 amide bonds. The van der Waals surface area contributed by atoms with Gasteiger partial charge >= 0.3 is 11.9 Å². The van der Waals surface area contributed by atoms with E-state index in [9.17, 15) is 50.4 Å². The van der Waals surface area contributed by atoms with E-state index >= 15 is 0 Å². The third kappa shape index (κ3) is 8.10. The van der Waals surface area contributed by atoms with Crippen LogP contribution in [0.4, 0.5) is 0 Å². The van der Waals surface area contributed by atoms with Crippen LogP contribution in [0.2, 0.25) is 0 Å². The number of para-hydroxylation sites is 1. The maximum Gasteiger partial charge on any atom is 0.346 e. The first kappa shape index (κ1) is 35.9. The molecule has 0 saturated carbocycles. The molecule has 2 fully saturated rings. The number of carbonyl (C=O) groups excluding carboxylic acids is 2. The quantitative estimate of drug-likeness (QED) is 0.112. The molecule has 264 valence electrons. The second-order valence-electron chi connectivity index (χ2n) is 11.2. The molecule has 2 aliphatic rings. The van der Waals surface area contributed by atoms with Gasteiger partial charge in [-0.1, -0.05) is 42.5 Å². The van der Waals surface area contributed by atoms with Crippen LogP contribution in [-0.2, 0) is 25.6 Å². The molecule has 10 unspecified atom stereocenters. The van der Waals surface area contributed by atoms with E-state index in [2.05, 4.69) is 0 Å². The molecule has 3 aromatic rings. The molecule has 16 heteroatoms. The lowest BCUT2D eigenvalue weighted by Crippen LogP contribution is -2.60. The number of phenolic OH excluding ortho intramolecular Hbond substituents is 1. The molecule has 0 bridgehead atoms. The number of rotatable bonds is 11. The van der Waals surface area contributed by atoms with Crippen molar-refractivity contribution in [1.29, 1.82) is 0 Å². The zero-order chi connectivity index (χ0) is 35.2. The summed E-state index contributed by atoms with van der Waals surface area (Å²) in [7, 11) is 0. The van der Waals surface area contributed by atoms with Gasteiger partial charge in [0.15, 0.2) is 0 Å². The fourth-order valence-electron chi connectivity index (χ4n) is 5.16. The normalized spacial score (nSPS) is 29.9. The number of benzene rings is 3. The van der Waals surface area contributed by atoms with Gasteiger partial charge in [-0.3, -0.25) is 0 Å². The molecule has 0 radical (unpaired) electrons. The van der Waals surface area contributed by atoms with E-state index in [1.165, 1.54) is 42.5 Å². The third-order valence-electron chi connectivity index (χ3n) is 7.93. The van der Waals surface area contributed by atoms with E-state index in [1.54, 1.807) is 30.3 Å².